The summed E-state index contributed by atoms with van der Waals surface area (Å²) in [5.41, 5.74) is 9.32. The van der Waals surface area contributed by atoms with Crippen molar-refractivity contribution < 1.29 is 29.5 Å². The minimum Gasteiger partial charge on any atom is -0.394 e. The molecule has 0 bridgehead atoms. The molecule has 0 saturated carbocycles. The van der Waals surface area contributed by atoms with Crippen molar-refractivity contribution in [1.82, 2.24) is 9.55 Å². The molecule has 5 atom stereocenters. The summed E-state index contributed by atoms with van der Waals surface area (Å²) in [6, 6.07) is 1.37. The molecule has 1 aliphatic rings. The molecule has 0 spiro atoms. The fourth-order valence-corrected chi connectivity index (χ4v) is 1.73. The fraction of sp³-hybridized carbons (Fsp3) is 0.600. The van der Waals surface area contributed by atoms with Crippen LogP contribution in [0.3, 0.4) is 0 Å². The Morgan fingerprint density at radius 3 is 2.50 bits per heavy atom. The van der Waals surface area contributed by atoms with Gasteiger partial charge < -0.3 is 35.2 Å². The van der Waals surface area contributed by atoms with Gasteiger partial charge in [0.05, 0.1) is 6.61 Å². The van der Waals surface area contributed by atoms with E-state index in [0.717, 1.165) is 4.57 Å². The first-order valence-electron chi connectivity index (χ1n) is 6.06. The van der Waals surface area contributed by atoms with Crippen LogP contribution in [0.25, 0.3) is 0 Å². The molecule has 0 amide bonds. The van der Waals surface area contributed by atoms with Crippen molar-refractivity contribution in [1.29, 1.82) is 0 Å². The largest absolute Gasteiger partial charge is 0.394 e. The average Bonchev–Trinajstić information content (AvgIpc) is 2.76. The third kappa shape index (κ3) is 4.66. The summed E-state index contributed by atoms with van der Waals surface area (Å²) in [6.45, 7) is -0.453. The highest BCUT2D eigenvalue weighted by Gasteiger charge is 2.43. The number of nitrogens with two attached hydrogens (primary N) is 2. The lowest BCUT2D eigenvalue weighted by atomic mass is 10.1. The Labute approximate surface area is 126 Å². The maximum atomic E-state index is 11.5. The molecular weight excluding hydrogens is 319 g/mol. The summed E-state index contributed by atoms with van der Waals surface area (Å²) < 4.78 is 10.3. The second kappa shape index (κ2) is 8.46. The van der Waals surface area contributed by atoms with Crippen LogP contribution in [-0.4, -0.2) is 61.8 Å². The fourth-order valence-electron chi connectivity index (χ4n) is 1.73. The molecule has 2 heterocycles. The van der Waals surface area contributed by atoms with Crippen LogP contribution >= 0.6 is 8.53 Å². The van der Waals surface area contributed by atoms with Crippen LogP contribution in [0.15, 0.2) is 17.1 Å². The molecule has 1 aromatic rings. The summed E-state index contributed by atoms with van der Waals surface area (Å²) in [6.07, 6.45) is -3.27. The Bertz CT molecular complexity index is 528. The van der Waals surface area contributed by atoms with E-state index in [0.29, 0.717) is 0 Å². The lowest BCUT2D eigenvalue weighted by Gasteiger charge is -2.16. The smallest absolute Gasteiger partial charge is 0.351 e. The van der Waals surface area contributed by atoms with Crippen LogP contribution in [0.5, 0.6) is 0 Å². The van der Waals surface area contributed by atoms with Gasteiger partial charge in [-0.3, -0.25) is 10.1 Å². The highest BCUT2D eigenvalue weighted by Crippen LogP contribution is 2.27. The van der Waals surface area contributed by atoms with E-state index in [-0.39, 0.29) is 5.82 Å². The second-order valence-corrected chi connectivity index (χ2v) is 5.23. The summed E-state index contributed by atoms with van der Waals surface area (Å²) in [5, 5.41) is 28.2. The molecule has 126 valence electrons. The zero-order valence-corrected chi connectivity index (χ0v) is 12.6. The Kier molecular flexibility index (Phi) is 7.26. The van der Waals surface area contributed by atoms with Gasteiger partial charge in [-0.2, -0.15) is 4.98 Å². The number of aliphatic hydroxyl groups excluding tert-OH is 3. The molecule has 0 radical (unpaired) electrons. The Hall–Kier alpha value is -1.17. The van der Waals surface area contributed by atoms with Crippen molar-refractivity contribution in [3.05, 3.63) is 22.7 Å². The SMILES string of the molecule is COP(N)O.Nc1ccn([C@@H]2O[C@H](CO)[C@@H](O)[C@H]2O)c(=O)n1. The molecule has 1 unspecified atom stereocenters. The van der Waals surface area contributed by atoms with E-state index in [9.17, 15) is 15.0 Å². The van der Waals surface area contributed by atoms with E-state index in [2.05, 4.69) is 15.0 Å². The number of hydrogen-bond donors (Lipinski definition) is 6. The van der Waals surface area contributed by atoms with Gasteiger partial charge in [-0.25, -0.2) is 4.79 Å². The molecule has 11 nitrogen and oxygen atoms in total. The summed E-state index contributed by atoms with van der Waals surface area (Å²) >= 11 is 0. The van der Waals surface area contributed by atoms with Gasteiger partial charge in [-0.1, -0.05) is 0 Å². The van der Waals surface area contributed by atoms with Crippen molar-refractivity contribution in [2.24, 2.45) is 5.50 Å². The molecule has 1 aromatic heterocycles. The van der Waals surface area contributed by atoms with Crippen LogP contribution < -0.4 is 16.9 Å². The quantitative estimate of drug-likeness (QED) is 0.315. The van der Waals surface area contributed by atoms with Gasteiger partial charge in [0.1, 0.15) is 24.1 Å². The standard InChI is InChI=1S/C9H13N3O5.CH6NO2P/c10-5-1-2-12(9(16)11-5)8-7(15)6(14)4(3-13)17-8;1-4-5(2)3/h1-2,4,6-8,13-15H,3H2,(H2,10,11,16);3H,2H2,1H3/t4-,6-,7-,8-;/m1./s1. The van der Waals surface area contributed by atoms with Gasteiger partial charge in [0.15, 0.2) is 6.23 Å². The average molecular weight is 338 g/mol. The van der Waals surface area contributed by atoms with Gasteiger partial charge in [0.2, 0.25) is 8.53 Å². The van der Waals surface area contributed by atoms with E-state index >= 15 is 0 Å². The normalized spacial score (nSPS) is 28.8. The Balaban J connectivity index is 0.000000422. The maximum Gasteiger partial charge on any atom is 0.351 e. The number of anilines is 1. The highest BCUT2D eigenvalue weighted by atomic mass is 31.2. The third-order valence-electron chi connectivity index (χ3n) is 2.83. The molecule has 1 aliphatic heterocycles. The van der Waals surface area contributed by atoms with Crippen LogP contribution in [0.1, 0.15) is 6.23 Å². The van der Waals surface area contributed by atoms with Gasteiger partial charge in [0.25, 0.3) is 0 Å². The third-order valence-corrected chi connectivity index (χ3v) is 3.20. The molecular formula is C10H19N4O7P. The zero-order chi connectivity index (χ0) is 16.9. The predicted molar refractivity (Wildman–Crippen MR) is 76.3 cm³/mol. The minimum atomic E-state index is -1.60. The number of aliphatic hydroxyl groups is 3. The number of hydrogen-bond acceptors (Lipinski definition) is 10. The van der Waals surface area contributed by atoms with Crippen LogP contribution in [0.2, 0.25) is 0 Å². The van der Waals surface area contributed by atoms with Crippen molar-refractivity contribution in [3.8, 4) is 0 Å². The first-order valence-corrected chi connectivity index (χ1v) is 7.34. The molecule has 2 rings (SSSR count). The molecule has 1 fully saturated rings. The lowest BCUT2D eigenvalue weighted by molar-refractivity contribution is -0.0549. The van der Waals surface area contributed by atoms with Gasteiger partial charge in [-0.05, 0) is 6.07 Å². The number of nitrogen functional groups attached to an aromatic ring is 1. The van der Waals surface area contributed by atoms with Crippen molar-refractivity contribution in [2.45, 2.75) is 24.5 Å². The van der Waals surface area contributed by atoms with Gasteiger partial charge >= 0.3 is 5.69 Å². The van der Waals surface area contributed by atoms with Crippen LogP contribution in [-0.2, 0) is 9.26 Å². The second-order valence-electron chi connectivity index (χ2n) is 4.26. The van der Waals surface area contributed by atoms with E-state index in [1.165, 1.54) is 19.4 Å². The summed E-state index contributed by atoms with van der Waals surface area (Å²) in [4.78, 5) is 23.0. The Morgan fingerprint density at radius 2 is 2.09 bits per heavy atom. The molecule has 8 N–H and O–H groups in total. The minimum absolute atomic E-state index is 0.0537. The predicted octanol–water partition coefficient (Wildman–Crippen LogP) is -2.75. The summed E-state index contributed by atoms with van der Waals surface area (Å²) in [7, 11) is -0.245. The lowest BCUT2D eigenvalue weighted by Crippen LogP contribution is -2.36. The van der Waals surface area contributed by atoms with Gasteiger partial charge in [-0.15, -0.1) is 0 Å². The molecule has 1 saturated heterocycles. The molecule has 0 aromatic carbocycles. The highest BCUT2D eigenvalue weighted by molar-refractivity contribution is 7.43. The van der Waals surface area contributed by atoms with Gasteiger partial charge in [0, 0.05) is 13.3 Å². The number of nitrogens with zero attached hydrogens (tertiary/aromatic N) is 2. The first-order chi connectivity index (χ1) is 10.3. The van der Waals surface area contributed by atoms with Crippen molar-refractivity contribution >= 4 is 14.3 Å². The zero-order valence-electron chi connectivity index (χ0n) is 11.7. The number of ether oxygens (including phenoxy) is 1. The topological polar surface area (TPSA) is 186 Å². The van der Waals surface area contributed by atoms with Crippen LogP contribution in [0, 0.1) is 0 Å². The number of aromatic nitrogens is 2. The molecule has 22 heavy (non-hydrogen) atoms. The van der Waals surface area contributed by atoms with E-state index in [1.807, 2.05) is 0 Å². The van der Waals surface area contributed by atoms with Crippen LogP contribution in [0.4, 0.5) is 5.82 Å². The number of rotatable bonds is 3. The molecule has 0 aliphatic carbocycles. The first kappa shape index (κ1) is 18.9. The van der Waals surface area contributed by atoms with Crippen molar-refractivity contribution in [3.63, 3.8) is 0 Å². The molecule has 12 heteroatoms. The summed E-state index contributed by atoms with van der Waals surface area (Å²) in [5.74, 6) is 0.0537. The maximum absolute atomic E-state index is 11.5. The van der Waals surface area contributed by atoms with Crippen molar-refractivity contribution in [2.75, 3.05) is 19.5 Å². The van der Waals surface area contributed by atoms with E-state index in [4.69, 9.17) is 20.5 Å². The van der Waals surface area contributed by atoms with E-state index < -0.39 is 45.4 Å². The van der Waals surface area contributed by atoms with E-state index in [1.54, 1.807) is 0 Å². The monoisotopic (exact) mass is 338 g/mol. The Morgan fingerprint density at radius 1 is 1.50 bits per heavy atom.